The van der Waals surface area contributed by atoms with Gasteiger partial charge in [-0.15, -0.1) is 0 Å². The third-order valence-electron chi connectivity index (χ3n) is 3.51. The highest BCUT2D eigenvalue weighted by Gasteiger charge is 2.61. The molecular weight excluding hydrogens is 275 g/mol. The molecule has 1 rings (SSSR count). The summed E-state index contributed by atoms with van der Waals surface area (Å²) in [5.41, 5.74) is -1.62. The summed E-state index contributed by atoms with van der Waals surface area (Å²) in [5.74, 6) is -1.39. The van der Waals surface area contributed by atoms with Crippen molar-refractivity contribution >= 4 is 16.1 Å². The van der Waals surface area contributed by atoms with E-state index in [9.17, 15) is 17.6 Å². The van der Waals surface area contributed by atoms with Crippen LogP contribution in [0, 0.1) is 11.3 Å². The average Bonchev–Trinajstić information content (AvgIpc) is 2.74. The molecule has 1 unspecified atom stereocenters. The maximum absolute atomic E-state index is 14.6. The first-order chi connectivity index (χ1) is 8.50. The molecule has 1 aliphatic rings. The summed E-state index contributed by atoms with van der Waals surface area (Å²) < 4.78 is 50.8. The van der Waals surface area contributed by atoms with Gasteiger partial charge in [0.25, 0.3) is 0 Å². The Labute approximate surface area is 113 Å². The van der Waals surface area contributed by atoms with Gasteiger partial charge < -0.3 is 4.74 Å². The first kappa shape index (κ1) is 16.4. The summed E-state index contributed by atoms with van der Waals surface area (Å²) in [5, 5.41) is -3.45. The summed E-state index contributed by atoms with van der Waals surface area (Å²) in [7, 11) is -5.21. The third kappa shape index (κ3) is 3.25. The van der Waals surface area contributed by atoms with Gasteiger partial charge in [0, 0.05) is 5.41 Å². The molecule has 1 aliphatic carbocycles. The van der Waals surface area contributed by atoms with Crippen LogP contribution >= 0.6 is 0 Å². The number of carbonyl (C=O) groups is 1. The topological polar surface area (TPSA) is 80.7 Å². The van der Waals surface area contributed by atoms with E-state index in [-0.39, 0.29) is 12.5 Å². The van der Waals surface area contributed by atoms with Crippen LogP contribution in [0.1, 0.15) is 46.5 Å². The highest BCUT2D eigenvalue weighted by atomic mass is 32.2. The summed E-state index contributed by atoms with van der Waals surface area (Å²) in [4.78, 5) is 11.8. The molecule has 0 bridgehead atoms. The minimum Gasteiger partial charge on any atom is -0.462 e. The van der Waals surface area contributed by atoms with Crippen molar-refractivity contribution in [2.24, 2.45) is 11.3 Å². The lowest BCUT2D eigenvalue weighted by Gasteiger charge is -2.32. The maximum atomic E-state index is 14.6. The fourth-order valence-electron chi connectivity index (χ4n) is 2.26. The van der Waals surface area contributed by atoms with Gasteiger partial charge >= 0.3 is 21.1 Å². The summed E-state index contributed by atoms with van der Waals surface area (Å²) >= 11 is 0. The minimum absolute atomic E-state index is 0.00387. The molecule has 0 aromatic rings. The van der Waals surface area contributed by atoms with Crippen molar-refractivity contribution in [2.75, 3.05) is 6.61 Å². The normalized spacial score (nSPS) is 21.1. The van der Waals surface area contributed by atoms with Gasteiger partial charge in [-0.1, -0.05) is 33.6 Å². The van der Waals surface area contributed by atoms with Gasteiger partial charge in [0.05, 0.1) is 6.61 Å². The fourth-order valence-corrected chi connectivity index (χ4v) is 3.31. The van der Waals surface area contributed by atoms with Crippen molar-refractivity contribution in [3.63, 3.8) is 0 Å². The van der Waals surface area contributed by atoms with Crippen molar-refractivity contribution in [1.29, 1.82) is 0 Å². The Kier molecular flexibility index (Phi) is 4.62. The molecule has 19 heavy (non-hydrogen) atoms. The van der Waals surface area contributed by atoms with Crippen LogP contribution in [0.25, 0.3) is 0 Å². The summed E-state index contributed by atoms with van der Waals surface area (Å²) in [6, 6.07) is 0. The predicted octanol–water partition coefficient (Wildman–Crippen LogP) is 2.32. The van der Waals surface area contributed by atoms with Crippen LogP contribution < -0.4 is 0 Å². The molecule has 0 aromatic carbocycles. The van der Waals surface area contributed by atoms with Crippen molar-refractivity contribution in [3.8, 4) is 0 Å². The van der Waals surface area contributed by atoms with Crippen LogP contribution in [-0.4, -0.2) is 30.5 Å². The molecule has 0 heterocycles. The molecule has 1 N–H and O–H groups in total. The number of esters is 1. The van der Waals surface area contributed by atoms with Crippen LogP contribution in [0.3, 0.4) is 0 Å². The van der Waals surface area contributed by atoms with Crippen LogP contribution in [-0.2, 0) is 19.6 Å². The molecule has 0 amide bonds. The first-order valence-electron chi connectivity index (χ1n) is 6.33. The highest BCUT2D eigenvalue weighted by Crippen LogP contribution is 2.39. The van der Waals surface area contributed by atoms with Crippen molar-refractivity contribution in [3.05, 3.63) is 0 Å². The van der Waals surface area contributed by atoms with Crippen LogP contribution in [0.2, 0.25) is 0 Å². The van der Waals surface area contributed by atoms with Gasteiger partial charge in [-0.05, 0) is 18.8 Å². The average molecular weight is 296 g/mol. The van der Waals surface area contributed by atoms with Gasteiger partial charge in [-0.2, -0.15) is 8.42 Å². The van der Waals surface area contributed by atoms with Crippen molar-refractivity contribution in [1.82, 2.24) is 0 Å². The molecular formula is C12H21FO5S. The van der Waals surface area contributed by atoms with Crippen molar-refractivity contribution in [2.45, 2.75) is 51.5 Å². The van der Waals surface area contributed by atoms with E-state index in [1.807, 2.05) is 0 Å². The van der Waals surface area contributed by atoms with E-state index >= 15 is 0 Å². The number of hydrogen-bond donors (Lipinski definition) is 1. The second-order valence-electron chi connectivity index (χ2n) is 6.07. The number of rotatable bonds is 4. The number of hydrogen-bond acceptors (Lipinski definition) is 4. The molecule has 7 heteroatoms. The predicted molar refractivity (Wildman–Crippen MR) is 67.8 cm³/mol. The van der Waals surface area contributed by atoms with E-state index in [0.717, 1.165) is 25.7 Å². The third-order valence-corrected chi connectivity index (χ3v) is 5.00. The second kappa shape index (κ2) is 5.36. The van der Waals surface area contributed by atoms with E-state index in [2.05, 4.69) is 0 Å². The Bertz CT molecular complexity index is 434. The largest absolute Gasteiger partial charge is 0.462 e. The van der Waals surface area contributed by atoms with Gasteiger partial charge in [-0.25, -0.2) is 9.18 Å². The molecule has 112 valence electrons. The summed E-state index contributed by atoms with van der Waals surface area (Å²) in [6.07, 6.45) is 3.82. The Morgan fingerprint density at radius 1 is 1.32 bits per heavy atom. The number of ether oxygens (including phenoxy) is 1. The lowest BCUT2D eigenvalue weighted by molar-refractivity contribution is -0.159. The monoisotopic (exact) mass is 296 g/mol. The Hall–Kier alpha value is -0.690. The van der Waals surface area contributed by atoms with Crippen LogP contribution in [0.5, 0.6) is 0 Å². The fraction of sp³-hybridized carbons (Fsp3) is 0.917. The van der Waals surface area contributed by atoms with E-state index in [4.69, 9.17) is 9.29 Å². The van der Waals surface area contributed by atoms with E-state index in [0.29, 0.717) is 0 Å². The molecule has 5 nitrogen and oxygen atoms in total. The second-order valence-corrected chi connectivity index (χ2v) is 7.58. The molecule has 0 saturated heterocycles. The molecule has 1 atom stereocenters. The molecule has 0 aromatic heterocycles. The van der Waals surface area contributed by atoms with Crippen LogP contribution in [0.4, 0.5) is 4.39 Å². The Morgan fingerprint density at radius 3 is 2.16 bits per heavy atom. The zero-order chi connectivity index (χ0) is 14.9. The lowest BCUT2D eigenvalue weighted by atomic mass is 9.89. The molecule has 0 radical (unpaired) electrons. The van der Waals surface area contributed by atoms with Crippen LogP contribution in [0.15, 0.2) is 0 Å². The molecule has 0 spiro atoms. The smallest absolute Gasteiger partial charge is 0.363 e. The molecule has 1 saturated carbocycles. The zero-order valence-corrected chi connectivity index (χ0v) is 12.3. The minimum atomic E-state index is -5.21. The standard InChI is InChI=1S/C12H21FO5S/c1-11(2,3)12(13,19(15,16)17)10(14)18-8-9-6-4-5-7-9/h9H,4-8H2,1-3H3,(H,15,16,17). The Morgan fingerprint density at radius 2 is 1.79 bits per heavy atom. The SMILES string of the molecule is CC(C)(C)C(F)(C(=O)OCC1CCCC1)S(=O)(=O)O. The Balaban J connectivity index is 2.84. The van der Waals surface area contributed by atoms with Gasteiger partial charge in [0.2, 0.25) is 0 Å². The molecule has 0 aliphatic heterocycles. The van der Waals surface area contributed by atoms with E-state index < -0.39 is 26.5 Å². The lowest BCUT2D eigenvalue weighted by Crippen LogP contribution is -2.53. The summed E-state index contributed by atoms with van der Waals surface area (Å²) in [6.45, 7) is 3.66. The number of alkyl halides is 1. The maximum Gasteiger partial charge on any atom is 0.363 e. The van der Waals surface area contributed by atoms with Gasteiger partial charge in [-0.3, -0.25) is 4.55 Å². The van der Waals surface area contributed by atoms with E-state index in [1.165, 1.54) is 20.8 Å². The number of carbonyl (C=O) groups excluding carboxylic acids is 1. The van der Waals surface area contributed by atoms with Gasteiger partial charge in [0.1, 0.15) is 0 Å². The first-order valence-corrected chi connectivity index (χ1v) is 7.77. The van der Waals surface area contributed by atoms with Crippen molar-refractivity contribution < 1.29 is 26.9 Å². The van der Waals surface area contributed by atoms with E-state index in [1.54, 1.807) is 0 Å². The molecule has 1 fully saturated rings. The van der Waals surface area contributed by atoms with Gasteiger partial charge in [0.15, 0.2) is 0 Å². The quantitative estimate of drug-likeness (QED) is 0.636. The zero-order valence-electron chi connectivity index (χ0n) is 11.5. The highest BCUT2D eigenvalue weighted by molar-refractivity contribution is 7.88. The number of halogens is 1.